The van der Waals surface area contributed by atoms with E-state index < -0.39 is 0 Å². The number of likely N-dealkylation sites (tertiary alicyclic amines) is 1. The number of hydrogen-bond donors (Lipinski definition) is 1. The fourth-order valence-electron chi connectivity index (χ4n) is 2.87. The maximum absolute atomic E-state index is 12.6. The third-order valence-electron chi connectivity index (χ3n) is 4.22. The van der Waals surface area contributed by atoms with E-state index >= 15 is 0 Å². The van der Waals surface area contributed by atoms with Crippen molar-refractivity contribution in [2.75, 3.05) is 20.1 Å². The van der Waals surface area contributed by atoms with Crippen LogP contribution in [0, 0.1) is 6.92 Å². The molecule has 5 heteroatoms. The lowest BCUT2D eigenvalue weighted by molar-refractivity contribution is 0.0693. The zero-order valence-corrected chi connectivity index (χ0v) is 13.8. The van der Waals surface area contributed by atoms with Crippen molar-refractivity contribution in [2.45, 2.75) is 25.8 Å². The lowest BCUT2D eigenvalue weighted by Gasteiger charge is -2.32. The summed E-state index contributed by atoms with van der Waals surface area (Å²) in [5.74, 6) is 0.0519. The minimum absolute atomic E-state index is 0.0519. The van der Waals surface area contributed by atoms with Crippen LogP contribution in [0.1, 0.15) is 28.9 Å². The van der Waals surface area contributed by atoms with Gasteiger partial charge >= 0.3 is 0 Å². The topological polar surface area (TPSA) is 45.2 Å². The van der Waals surface area contributed by atoms with Crippen molar-refractivity contribution in [3.05, 3.63) is 40.9 Å². The Hall–Kier alpha value is -1.72. The molecule has 0 spiro atoms. The molecule has 2 heterocycles. The largest absolute Gasteiger partial charge is 0.336 e. The van der Waals surface area contributed by atoms with E-state index in [0.717, 1.165) is 36.5 Å². The molecule has 3 rings (SSSR count). The maximum Gasteiger partial charge on any atom is 0.273 e. The van der Waals surface area contributed by atoms with E-state index in [1.165, 1.54) is 5.56 Å². The molecule has 1 fully saturated rings. The minimum Gasteiger partial charge on any atom is -0.336 e. The van der Waals surface area contributed by atoms with E-state index in [1.54, 1.807) is 11.3 Å². The van der Waals surface area contributed by atoms with E-state index in [4.69, 9.17) is 0 Å². The number of benzene rings is 1. The molecule has 1 atom stereocenters. The van der Waals surface area contributed by atoms with Gasteiger partial charge in [-0.3, -0.25) is 4.79 Å². The van der Waals surface area contributed by atoms with E-state index in [0.29, 0.717) is 11.7 Å². The van der Waals surface area contributed by atoms with Crippen LogP contribution in [0.2, 0.25) is 0 Å². The number of carbonyl (C=O) groups is 1. The quantitative estimate of drug-likeness (QED) is 0.947. The standard InChI is InChI=1S/C17H21N3OS/c1-12-6-3-4-8-14(12)16-19-15(11-22-16)17(21)20-9-5-7-13(10-20)18-2/h3-4,6,8,11,13,18H,5,7,9-10H2,1-2H3. The molecule has 1 aromatic heterocycles. The Morgan fingerprint density at radius 1 is 1.41 bits per heavy atom. The van der Waals surface area contributed by atoms with Crippen LogP contribution >= 0.6 is 11.3 Å². The number of hydrogen-bond acceptors (Lipinski definition) is 4. The van der Waals surface area contributed by atoms with Crippen LogP contribution in [0.25, 0.3) is 10.6 Å². The summed E-state index contributed by atoms with van der Waals surface area (Å²) >= 11 is 1.54. The van der Waals surface area contributed by atoms with Gasteiger partial charge in [-0.2, -0.15) is 0 Å². The lowest BCUT2D eigenvalue weighted by Crippen LogP contribution is -2.47. The molecule has 1 aliphatic heterocycles. The molecular weight excluding hydrogens is 294 g/mol. The van der Waals surface area contributed by atoms with Gasteiger partial charge in [0.1, 0.15) is 10.7 Å². The van der Waals surface area contributed by atoms with Gasteiger partial charge in [-0.15, -0.1) is 11.3 Å². The Labute approximate surface area is 135 Å². The van der Waals surface area contributed by atoms with Gasteiger partial charge in [0.05, 0.1) is 0 Å². The summed E-state index contributed by atoms with van der Waals surface area (Å²) in [6, 6.07) is 8.55. The highest BCUT2D eigenvalue weighted by Crippen LogP contribution is 2.27. The van der Waals surface area contributed by atoms with Gasteiger partial charge < -0.3 is 10.2 Å². The monoisotopic (exact) mass is 315 g/mol. The summed E-state index contributed by atoms with van der Waals surface area (Å²) in [5, 5.41) is 6.07. The molecule has 1 saturated heterocycles. The Kier molecular flexibility index (Phi) is 4.55. The van der Waals surface area contributed by atoms with Crippen LogP contribution in [-0.4, -0.2) is 42.0 Å². The number of amides is 1. The first-order valence-electron chi connectivity index (χ1n) is 7.67. The summed E-state index contributed by atoms with van der Waals surface area (Å²) in [5.41, 5.74) is 2.86. The highest BCUT2D eigenvalue weighted by molar-refractivity contribution is 7.13. The number of rotatable bonds is 3. The van der Waals surface area contributed by atoms with Gasteiger partial charge in [0.15, 0.2) is 0 Å². The zero-order valence-electron chi connectivity index (χ0n) is 13.0. The van der Waals surface area contributed by atoms with E-state index in [9.17, 15) is 4.79 Å². The van der Waals surface area contributed by atoms with Gasteiger partial charge in [-0.25, -0.2) is 4.98 Å². The summed E-state index contributed by atoms with van der Waals surface area (Å²) in [4.78, 5) is 19.1. The molecule has 1 amide bonds. The van der Waals surface area contributed by atoms with Gasteiger partial charge in [-0.1, -0.05) is 24.3 Å². The first kappa shape index (κ1) is 15.2. The molecule has 1 N–H and O–H groups in total. The molecule has 1 unspecified atom stereocenters. The average Bonchev–Trinajstić information content (AvgIpc) is 3.04. The van der Waals surface area contributed by atoms with Crippen molar-refractivity contribution in [3.8, 4) is 10.6 Å². The number of nitrogens with zero attached hydrogens (tertiary/aromatic N) is 2. The molecular formula is C17H21N3OS. The number of aromatic nitrogens is 1. The van der Waals surface area contributed by atoms with Crippen molar-refractivity contribution < 1.29 is 4.79 Å². The molecule has 116 valence electrons. The molecule has 0 radical (unpaired) electrons. The normalized spacial score (nSPS) is 18.5. The molecule has 1 aliphatic rings. The van der Waals surface area contributed by atoms with Crippen molar-refractivity contribution in [3.63, 3.8) is 0 Å². The van der Waals surface area contributed by atoms with E-state index in [-0.39, 0.29) is 5.91 Å². The van der Waals surface area contributed by atoms with Crippen LogP contribution in [0.5, 0.6) is 0 Å². The van der Waals surface area contributed by atoms with Crippen molar-refractivity contribution in [2.24, 2.45) is 0 Å². The number of carbonyl (C=O) groups excluding carboxylic acids is 1. The fraction of sp³-hybridized carbons (Fsp3) is 0.412. The van der Waals surface area contributed by atoms with E-state index in [1.807, 2.05) is 29.5 Å². The Morgan fingerprint density at radius 2 is 2.23 bits per heavy atom. The Bertz CT molecular complexity index is 667. The van der Waals surface area contributed by atoms with Crippen LogP contribution in [-0.2, 0) is 0 Å². The second kappa shape index (κ2) is 6.58. The zero-order chi connectivity index (χ0) is 15.5. The highest BCUT2D eigenvalue weighted by Gasteiger charge is 2.25. The van der Waals surface area contributed by atoms with Gasteiger partial charge in [-0.05, 0) is 32.4 Å². The third kappa shape index (κ3) is 3.05. The first-order chi connectivity index (χ1) is 10.7. The average molecular weight is 315 g/mol. The van der Waals surface area contributed by atoms with Crippen LogP contribution in [0.15, 0.2) is 29.6 Å². The minimum atomic E-state index is 0.0519. The summed E-state index contributed by atoms with van der Waals surface area (Å²) in [7, 11) is 1.96. The van der Waals surface area contributed by atoms with Crippen molar-refractivity contribution in [1.29, 1.82) is 0 Å². The summed E-state index contributed by atoms with van der Waals surface area (Å²) < 4.78 is 0. The molecule has 0 saturated carbocycles. The number of piperidine rings is 1. The number of aryl methyl sites for hydroxylation is 1. The Morgan fingerprint density at radius 3 is 3.00 bits per heavy atom. The number of likely N-dealkylation sites (N-methyl/N-ethyl adjacent to an activating group) is 1. The molecule has 0 bridgehead atoms. The van der Waals surface area contributed by atoms with Crippen LogP contribution < -0.4 is 5.32 Å². The number of thiazole rings is 1. The van der Waals surface area contributed by atoms with Crippen LogP contribution in [0.4, 0.5) is 0 Å². The third-order valence-corrected chi connectivity index (χ3v) is 5.09. The lowest BCUT2D eigenvalue weighted by atomic mass is 10.1. The van der Waals surface area contributed by atoms with Gasteiger partial charge in [0.25, 0.3) is 5.91 Å². The SMILES string of the molecule is CNC1CCCN(C(=O)c2csc(-c3ccccc3C)n2)C1. The van der Waals surface area contributed by atoms with Gasteiger partial charge in [0, 0.05) is 30.1 Å². The molecule has 0 aliphatic carbocycles. The summed E-state index contributed by atoms with van der Waals surface area (Å²) in [6.45, 7) is 3.67. The molecule has 4 nitrogen and oxygen atoms in total. The highest BCUT2D eigenvalue weighted by atomic mass is 32.1. The first-order valence-corrected chi connectivity index (χ1v) is 8.55. The smallest absolute Gasteiger partial charge is 0.273 e. The van der Waals surface area contributed by atoms with Crippen LogP contribution in [0.3, 0.4) is 0 Å². The summed E-state index contributed by atoms with van der Waals surface area (Å²) in [6.07, 6.45) is 2.18. The fourth-order valence-corrected chi connectivity index (χ4v) is 3.75. The maximum atomic E-state index is 12.6. The molecule has 2 aromatic rings. The molecule has 22 heavy (non-hydrogen) atoms. The molecule has 1 aromatic carbocycles. The predicted molar refractivity (Wildman–Crippen MR) is 90.3 cm³/mol. The van der Waals surface area contributed by atoms with Gasteiger partial charge in [0.2, 0.25) is 0 Å². The number of nitrogens with one attached hydrogen (secondary N) is 1. The van der Waals surface area contributed by atoms with E-state index in [2.05, 4.69) is 29.4 Å². The second-order valence-electron chi connectivity index (χ2n) is 5.73. The van der Waals surface area contributed by atoms with Crippen molar-refractivity contribution in [1.82, 2.24) is 15.2 Å². The van der Waals surface area contributed by atoms with Crippen molar-refractivity contribution >= 4 is 17.2 Å². The Balaban J connectivity index is 1.79. The predicted octanol–water partition coefficient (Wildman–Crippen LogP) is 2.94. The second-order valence-corrected chi connectivity index (χ2v) is 6.59.